The Kier molecular flexibility index (Phi) is 4.95. The number of amides is 1. The number of nitrogens with one attached hydrogen (secondary N) is 1. The van der Waals surface area contributed by atoms with Crippen molar-refractivity contribution < 1.29 is 4.79 Å². The summed E-state index contributed by atoms with van der Waals surface area (Å²) < 4.78 is 0. The molecule has 0 aliphatic heterocycles. The van der Waals surface area contributed by atoms with Crippen LogP contribution in [0.4, 0.5) is 5.69 Å². The van der Waals surface area contributed by atoms with Crippen molar-refractivity contribution >= 4 is 22.4 Å². The van der Waals surface area contributed by atoms with E-state index in [1.54, 1.807) is 0 Å². The summed E-state index contributed by atoms with van der Waals surface area (Å²) >= 11 is 0. The lowest BCUT2D eigenvalue weighted by molar-refractivity contribution is -0.115. The van der Waals surface area contributed by atoms with Gasteiger partial charge in [-0.2, -0.15) is 0 Å². The Morgan fingerprint density at radius 2 is 1.38 bits per heavy atom. The molecule has 3 aromatic carbocycles. The zero-order chi connectivity index (χ0) is 16.9. The Balaban J connectivity index is 1.86. The molecule has 0 fully saturated rings. The van der Waals surface area contributed by atoms with Crippen molar-refractivity contribution in [3.63, 3.8) is 0 Å². The van der Waals surface area contributed by atoms with Gasteiger partial charge in [-0.25, -0.2) is 0 Å². The Labute approximate surface area is 143 Å². The van der Waals surface area contributed by atoms with Gasteiger partial charge in [-0.15, -0.1) is 0 Å². The van der Waals surface area contributed by atoms with Crippen LogP contribution >= 0.6 is 0 Å². The monoisotopic (exact) mass is 317 g/mol. The van der Waals surface area contributed by atoms with Crippen molar-refractivity contribution in [2.75, 3.05) is 5.32 Å². The van der Waals surface area contributed by atoms with Gasteiger partial charge in [0.15, 0.2) is 0 Å². The lowest BCUT2D eigenvalue weighted by Gasteiger charge is -2.15. The van der Waals surface area contributed by atoms with Crippen LogP contribution in [0, 0.1) is 0 Å². The number of aryl methyl sites for hydroxylation is 2. The van der Waals surface area contributed by atoms with Crippen LogP contribution in [0.15, 0.2) is 60.7 Å². The molecule has 0 unspecified atom stereocenters. The highest BCUT2D eigenvalue weighted by Gasteiger charge is 2.11. The van der Waals surface area contributed by atoms with E-state index in [4.69, 9.17) is 0 Å². The maximum atomic E-state index is 12.7. The molecule has 0 radical (unpaired) electrons. The molecule has 0 saturated carbocycles. The maximum absolute atomic E-state index is 12.7. The van der Waals surface area contributed by atoms with E-state index in [-0.39, 0.29) is 5.91 Å². The SMILES string of the molecule is CCc1cccc(CC)c1NC(=O)Cc1cccc2ccccc12. The van der Waals surface area contributed by atoms with Crippen molar-refractivity contribution in [1.82, 2.24) is 0 Å². The predicted octanol–water partition coefficient (Wildman–Crippen LogP) is 5.15. The second kappa shape index (κ2) is 7.31. The number of carbonyl (C=O) groups is 1. The molecular formula is C22H23NO. The molecule has 2 nitrogen and oxygen atoms in total. The zero-order valence-corrected chi connectivity index (χ0v) is 14.3. The van der Waals surface area contributed by atoms with Gasteiger partial charge in [-0.3, -0.25) is 4.79 Å². The van der Waals surface area contributed by atoms with Crippen molar-refractivity contribution in [1.29, 1.82) is 0 Å². The van der Waals surface area contributed by atoms with Gasteiger partial charge in [0.25, 0.3) is 0 Å². The van der Waals surface area contributed by atoms with Gasteiger partial charge in [-0.1, -0.05) is 74.5 Å². The van der Waals surface area contributed by atoms with E-state index in [9.17, 15) is 4.79 Å². The molecule has 0 atom stereocenters. The van der Waals surface area contributed by atoms with Crippen LogP contribution in [-0.2, 0) is 24.1 Å². The van der Waals surface area contributed by atoms with Crippen LogP contribution < -0.4 is 5.32 Å². The van der Waals surface area contributed by atoms with E-state index in [1.807, 2.05) is 24.3 Å². The lowest BCUT2D eigenvalue weighted by atomic mass is 10.0. The average molecular weight is 317 g/mol. The predicted molar refractivity (Wildman–Crippen MR) is 101 cm³/mol. The van der Waals surface area contributed by atoms with Crippen LogP contribution in [0.25, 0.3) is 10.8 Å². The Morgan fingerprint density at radius 3 is 2.08 bits per heavy atom. The van der Waals surface area contributed by atoms with E-state index in [2.05, 4.69) is 55.6 Å². The highest BCUT2D eigenvalue weighted by atomic mass is 16.1. The van der Waals surface area contributed by atoms with Gasteiger partial charge >= 0.3 is 0 Å². The molecule has 1 amide bonds. The molecule has 0 aliphatic carbocycles. The van der Waals surface area contributed by atoms with E-state index in [1.165, 1.54) is 16.5 Å². The molecule has 0 heterocycles. The van der Waals surface area contributed by atoms with Crippen LogP contribution in [0.3, 0.4) is 0 Å². The average Bonchev–Trinajstić information content (AvgIpc) is 2.62. The zero-order valence-electron chi connectivity index (χ0n) is 14.3. The molecule has 122 valence electrons. The summed E-state index contributed by atoms with van der Waals surface area (Å²) in [5, 5.41) is 5.48. The molecule has 0 spiro atoms. The summed E-state index contributed by atoms with van der Waals surface area (Å²) in [7, 11) is 0. The fourth-order valence-electron chi connectivity index (χ4n) is 3.21. The minimum absolute atomic E-state index is 0.0435. The first-order chi connectivity index (χ1) is 11.7. The fraction of sp³-hybridized carbons (Fsp3) is 0.227. The summed E-state index contributed by atoms with van der Waals surface area (Å²) in [5.41, 5.74) is 4.45. The van der Waals surface area contributed by atoms with Gasteiger partial charge in [0.1, 0.15) is 0 Å². The summed E-state index contributed by atoms with van der Waals surface area (Å²) in [6, 6.07) is 20.6. The molecule has 0 aromatic heterocycles. The molecular weight excluding hydrogens is 294 g/mol. The third-order valence-corrected chi connectivity index (χ3v) is 4.49. The van der Waals surface area contributed by atoms with Gasteiger partial charge in [0, 0.05) is 5.69 Å². The van der Waals surface area contributed by atoms with E-state index >= 15 is 0 Å². The second-order valence-electron chi connectivity index (χ2n) is 6.02. The number of carbonyl (C=O) groups excluding carboxylic acids is 1. The van der Waals surface area contributed by atoms with E-state index in [0.717, 1.165) is 29.5 Å². The third kappa shape index (κ3) is 3.33. The normalized spacial score (nSPS) is 10.8. The van der Waals surface area contributed by atoms with Crippen LogP contribution in [-0.4, -0.2) is 5.91 Å². The first-order valence-electron chi connectivity index (χ1n) is 8.60. The standard InChI is InChI=1S/C22H23NO/c1-3-16-10-7-11-17(4-2)22(16)23-21(24)15-19-13-8-12-18-9-5-6-14-20(18)19/h5-14H,3-4,15H2,1-2H3,(H,23,24). The number of fused-ring (bicyclic) bond motifs is 1. The molecule has 24 heavy (non-hydrogen) atoms. The first-order valence-corrected chi connectivity index (χ1v) is 8.60. The van der Waals surface area contributed by atoms with Crippen LogP contribution in [0.2, 0.25) is 0 Å². The highest BCUT2D eigenvalue weighted by molar-refractivity contribution is 5.97. The molecule has 0 saturated heterocycles. The molecule has 0 bridgehead atoms. The largest absolute Gasteiger partial charge is 0.325 e. The Hall–Kier alpha value is -2.61. The minimum Gasteiger partial charge on any atom is -0.325 e. The minimum atomic E-state index is 0.0435. The molecule has 2 heteroatoms. The van der Waals surface area contributed by atoms with Crippen molar-refractivity contribution in [3.8, 4) is 0 Å². The second-order valence-corrected chi connectivity index (χ2v) is 6.02. The third-order valence-electron chi connectivity index (χ3n) is 4.49. The van der Waals surface area contributed by atoms with Gasteiger partial charge in [0.2, 0.25) is 5.91 Å². The van der Waals surface area contributed by atoms with Crippen LogP contribution in [0.1, 0.15) is 30.5 Å². The summed E-state index contributed by atoms with van der Waals surface area (Å²) in [6.45, 7) is 4.24. The highest BCUT2D eigenvalue weighted by Crippen LogP contribution is 2.24. The summed E-state index contributed by atoms with van der Waals surface area (Å²) in [6.07, 6.45) is 2.22. The van der Waals surface area contributed by atoms with Crippen LogP contribution in [0.5, 0.6) is 0 Å². The molecule has 3 rings (SSSR count). The van der Waals surface area contributed by atoms with E-state index < -0.39 is 0 Å². The number of para-hydroxylation sites is 1. The summed E-state index contributed by atoms with van der Waals surface area (Å²) in [5.74, 6) is 0.0435. The smallest absolute Gasteiger partial charge is 0.228 e. The quantitative estimate of drug-likeness (QED) is 0.693. The first kappa shape index (κ1) is 16.3. The number of hydrogen-bond donors (Lipinski definition) is 1. The van der Waals surface area contributed by atoms with Crippen molar-refractivity contribution in [3.05, 3.63) is 77.4 Å². The topological polar surface area (TPSA) is 29.1 Å². The Morgan fingerprint density at radius 1 is 0.792 bits per heavy atom. The lowest BCUT2D eigenvalue weighted by Crippen LogP contribution is -2.17. The number of hydrogen-bond acceptors (Lipinski definition) is 1. The maximum Gasteiger partial charge on any atom is 0.228 e. The Bertz CT molecular complexity index is 839. The molecule has 0 aliphatic rings. The molecule has 1 N–H and O–H groups in total. The molecule has 3 aromatic rings. The number of benzene rings is 3. The van der Waals surface area contributed by atoms with Crippen molar-refractivity contribution in [2.45, 2.75) is 33.1 Å². The van der Waals surface area contributed by atoms with E-state index in [0.29, 0.717) is 6.42 Å². The fourth-order valence-corrected chi connectivity index (χ4v) is 3.21. The van der Waals surface area contributed by atoms with Gasteiger partial charge in [0.05, 0.1) is 6.42 Å². The number of anilines is 1. The summed E-state index contributed by atoms with van der Waals surface area (Å²) in [4.78, 5) is 12.7. The number of rotatable bonds is 5. The van der Waals surface area contributed by atoms with Crippen molar-refractivity contribution in [2.24, 2.45) is 0 Å². The van der Waals surface area contributed by atoms with Gasteiger partial charge < -0.3 is 5.32 Å². The van der Waals surface area contributed by atoms with Gasteiger partial charge in [-0.05, 0) is 40.3 Å².